The number of carbonyl (C=O) groups excluding carboxylic acids is 2. The SMILES string of the molecule is CCOC(=O)c1ccc(N2CCC(=O)C2)c(C)c1. The molecule has 1 aliphatic rings. The van der Waals surface area contributed by atoms with E-state index in [0.29, 0.717) is 25.1 Å². The summed E-state index contributed by atoms with van der Waals surface area (Å²) < 4.78 is 4.96. The first kappa shape index (κ1) is 12.6. The number of hydrogen-bond acceptors (Lipinski definition) is 4. The fourth-order valence-electron chi connectivity index (χ4n) is 2.19. The van der Waals surface area contributed by atoms with E-state index < -0.39 is 0 Å². The average Bonchev–Trinajstić information content (AvgIpc) is 2.76. The quantitative estimate of drug-likeness (QED) is 0.766. The molecule has 2 rings (SSSR count). The molecule has 18 heavy (non-hydrogen) atoms. The van der Waals surface area contributed by atoms with Gasteiger partial charge < -0.3 is 9.64 Å². The molecule has 1 aromatic carbocycles. The summed E-state index contributed by atoms with van der Waals surface area (Å²) in [6, 6.07) is 5.46. The number of esters is 1. The van der Waals surface area contributed by atoms with Crippen LogP contribution in [0.3, 0.4) is 0 Å². The Kier molecular flexibility index (Phi) is 3.65. The molecule has 1 heterocycles. The molecule has 1 aliphatic heterocycles. The van der Waals surface area contributed by atoms with Gasteiger partial charge >= 0.3 is 5.97 Å². The third-order valence-electron chi connectivity index (χ3n) is 3.08. The molecule has 0 unspecified atom stereocenters. The topological polar surface area (TPSA) is 46.6 Å². The van der Waals surface area contributed by atoms with Crippen molar-refractivity contribution in [1.82, 2.24) is 0 Å². The van der Waals surface area contributed by atoms with E-state index in [2.05, 4.69) is 0 Å². The number of ketones is 1. The maximum atomic E-state index is 11.6. The third-order valence-corrected chi connectivity index (χ3v) is 3.08. The molecule has 0 amide bonds. The predicted molar refractivity (Wildman–Crippen MR) is 69.0 cm³/mol. The molecule has 96 valence electrons. The van der Waals surface area contributed by atoms with Crippen LogP contribution in [0.2, 0.25) is 0 Å². The molecular formula is C14H17NO3. The second-order valence-electron chi connectivity index (χ2n) is 4.43. The third kappa shape index (κ3) is 2.53. The van der Waals surface area contributed by atoms with Crippen LogP contribution in [0, 0.1) is 6.92 Å². The molecule has 0 aromatic heterocycles. The monoisotopic (exact) mass is 247 g/mol. The first-order valence-corrected chi connectivity index (χ1v) is 6.16. The van der Waals surface area contributed by atoms with E-state index in [0.717, 1.165) is 17.8 Å². The Morgan fingerprint density at radius 1 is 1.44 bits per heavy atom. The summed E-state index contributed by atoms with van der Waals surface area (Å²) in [6.07, 6.45) is 0.610. The summed E-state index contributed by atoms with van der Waals surface area (Å²) >= 11 is 0. The second kappa shape index (κ2) is 5.21. The van der Waals surface area contributed by atoms with Gasteiger partial charge in [0.25, 0.3) is 0 Å². The lowest BCUT2D eigenvalue weighted by Gasteiger charge is -2.19. The van der Waals surface area contributed by atoms with Crippen molar-refractivity contribution in [3.63, 3.8) is 0 Å². The number of nitrogens with zero attached hydrogens (tertiary/aromatic N) is 1. The Labute approximate surface area is 107 Å². The molecule has 0 spiro atoms. The van der Waals surface area contributed by atoms with Crippen molar-refractivity contribution in [3.05, 3.63) is 29.3 Å². The van der Waals surface area contributed by atoms with Crippen LogP contribution in [-0.4, -0.2) is 31.4 Å². The van der Waals surface area contributed by atoms with Gasteiger partial charge in [0.2, 0.25) is 0 Å². The summed E-state index contributed by atoms with van der Waals surface area (Å²) in [5, 5.41) is 0. The van der Waals surface area contributed by atoms with Gasteiger partial charge in [-0.25, -0.2) is 4.79 Å². The van der Waals surface area contributed by atoms with E-state index in [1.165, 1.54) is 0 Å². The average molecular weight is 247 g/mol. The van der Waals surface area contributed by atoms with E-state index in [1.54, 1.807) is 13.0 Å². The zero-order valence-corrected chi connectivity index (χ0v) is 10.7. The fourth-order valence-corrected chi connectivity index (χ4v) is 2.19. The molecule has 4 heteroatoms. The first-order chi connectivity index (χ1) is 8.61. The lowest BCUT2D eigenvalue weighted by Crippen LogP contribution is -2.20. The highest BCUT2D eigenvalue weighted by Crippen LogP contribution is 2.24. The van der Waals surface area contributed by atoms with Crippen molar-refractivity contribution in [2.45, 2.75) is 20.3 Å². The summed E-state index contributed by atoms with van der Waals surface area (Å²) in [5.41, 5.74) is 2.58. The smallest absolute Gasteiger partial charge is 0.338 e. The van der Waals surface area contributed by atoms with Crippen molar-refractivity contribution in [3.8, 4) is 0 Å². The van der Waals surface area contributed by atoms with Gasteiger partial charge in [0.05, 0.1) is 18.7 Å². The minimum atomic E-state index is -0.301. The molecule has 4 nitrogen and oxygen atoms in total. The molecule has 0 saturated carbocycles. The molecule has 0 radical (unpaired) electrons. The van der Waals surface area contributed by atoms with Gasteiger partial charge in [-0.1, -0.05) is 0 Å². The molecule has 0 bridgehead atoms. The number of benzene rings is 1. The molecule has 1 saturated heterocycles. The Bertz CT molecular complexity index is 482. The van der Waals surface area contributed by atoms with Gasteiger partial charge in [0.1, 0.15) is 0 Å². The van der Waals surface area contributed by atoms with E-state index in [1.807, 2.05) is 24.0 Å². The van der Waals surface area contributed by atoms with Gasteiger partial charge in [0, 0.05) is 18.7 Å². The lowest BCUT2D eigenvalue weighted by molar-refractivity contribution is -0.116. The highest BCUT2D eigenvalue weighted by atomic mass is 16.5. The zero-order valence-electron chi connectivity index (χ0n) is 10.7. The van der Waals surface area contributed by atoms with E-state index in [9.17, 15) is 9.59 Å². The fraction of sp³-hybridized carbons (Fsp3) is 0.429. The van der Waals surface area contributed by atoms with Gasteiger partial charge in [-0.15, -0.1) is 0 Å². The molecule has 0 aliphatic carbocycles. The number of ether oxygens (including phenoxy) is 1. The van der Waals surface area contributed by atoms with Crippen LogP contribution >= 0.6 is 0 Å². The van der Waals surface area contributed by atoms with Crippen LogP contribution in [0.25, 0.3) is 0 Å². The Hall–Kier alpha value is -1.84. The maximum Gasteiger partial charge on any atom is 0.338 e. The summed E-state index contributed by atoms with van der Waals surface area (Å²) in [6.45, 7) is 5.34. The second-order valence-corrected chi connectivity index (χ2v) is 4.43. The van der Waals surface area contributed by atoms with Gasteiger partial charge in [-0.2, -0.15) is 0 Å². The van der Waals surface area contributed by atoms with Gasteiger partial charge in [-0.05, 0) is 37.6 Å². The normalized spacial score (nSPS) is 15.0. The number of Topliss-reactive ketones (excluding diaryl/α,β-unsaturated/α-hetero) is 1. The van der Waals surface area contributed by atoms with Crippen LogP contribution < -0.4 is 4.90 Å². The van der Waals surface area contributed by atoms with Crippen molar-refractivity contribution in [1.29, 1.82) is 0 Å². The van der Waals surface area contributed by atoms with Crippen molar-refractivity contribution < 1.29 is 14.3 Å². The van der Waals surface area contributed by atoms with Crippen LogP contribution in [0.15, 0.2) is 18.2 Å². The number of hydrogen-bond donors (Lipinski definition) is 0. The summed E-state index contributed by atoms with van der Waals surface area (Å²) in [4.78, 5) is 24.9. The van der Waals surface area contributed by atoms with E-state index in [4.69, 9.17) is 4.74 Å². The maximum absolute atomic E-state index is 11.6. The van der Waals surface area contributed by atoms with Crippen molar-refractivity contribution in [2.24, 2.45) is 0 Å². The highest BCUT2D eigenvalue weighted by molar-refractivity contribution is 5.91. The van der Waals surface area contributed by atoms with E-state index in [-0.39, 0.29) is 11.8 Å². The number of rotatable bonds is 3. The zero-order chi connectivity index (χ0) is 13.1. The number of aryl methyl sites for hydroxylation is 1. The van der Waals surface area contributed by atoms with Crippen LogP contribution in [-0.2, 0) is 9.53 Å². The predicted octanol–water partition coefficient (Wildman–Crippen LogP) is 1.95. The highest BCUT2D eigenvalue weighted by Gasteiger charge is 2.21. The molecule has 0 N–H and O–H groups in total. The molecule has 0 atom stereocenters. The Balaban J connectivity index is 2.20. The minimum Gasteiger partial charge on any atom is -0.462 e. The molecule has 1 aromatic rings. The van der Waals surface area contributed by atoms with Gasteiger partial charge in [0.15, 0.2) is 5.78 Å². The minimum absolute atomic E-state index is 0.267. The largest absolute Gasteiger partial charge is 0.462 e. The molecule has 1 fully saturated rings. The van der Waals surface area contributed by atoms with E-state index >= 15 is 0 Å². The van der Waals surface area contributed by atoms with Crippen LogP contribution in [0.4, 0.5) is 5.69 Å². The lowest BCUT2D eigenvalue weighted by atomic mass is 10.1. The summed E-state index contributed by atoms with van der Waals surface area (Å²) in [5.74, 6) is -0.0338. The van der Waals surface area contributed by atoms with Crippen LogP contribution in [0.5, 0.6) is 0 Å². The first-order valence-electron chi connectivity index (χ1n) is 6.16. The Morgan fingerprint density at radius 3 is 2.78 bits per heavy atom. The number of carbonyl (C=O) groups is 2. The Morgan fingerprint density at radius 2 is 2.22 bits per heavy atom. The number of anilines is 1. The van der Waals surface area contributed by atoms with Crippen molar-refractivity contribution >= 4 is 17.4 Å². The standard InChI is InChI=1S/C14H17NO3/c1-3-18-14(17)11-4-5-13(10(2)8-11)15-7-6-12(16)9-15/h4-5,8H,3,6-7,9H2,1-2H3. The summed E-state index contributed by atoms with van der Waals surface area (Å²) in [7, 11) is 0. The van der Waals surface area contributed by atoms with Crippen LogP contribution in [0.1, 0.15) is 29.3 Å². The molecular weight excluding hydrogens is 230 g/mol. The van der Waals surface area contributed by atoms with Gasteiger partial charge in [-0.3, -0.25) is 4.79 Å². The van der Waals surface area contributed by atoms with Crippen molar-refractivity contribution in [2.75, 3.05) is 24.6 Å².